The molecule has 0 atom stereocenters. The highest BCUT2D eigenvalue weighted by Crippen LogP contribution is 2.09. The summed E-state index contributed by atoms with van der Waals surface area (Å²) in [6, 6.07) is 3.72. The second-order valence-corrected chi connectivity index (χ2v) is 6.69. The number of nitrogens with one attached hydrogen (secondary N) is 1. The van der Waals surface area contributed by atoms with Gasteiger partial charge in [0.1, 0.15) is 0 Å². The van der Waals surface area contributed by atoms with Crippen LogP contribution in [0.5, 0.6) is 0 Å². The SMILES string of the molecule is CS(=O)(=O)c1nnc(CNC(=O)Cc2cccs2)o1. The zero-order chi connectivity index (χ0) is 13.9. The third kappa shape index (κ3) is 3.86. The molecule has 0 aromatic carbocycles. The molecule has 1 N–H and O–H groups in total. The van der Waals surface area contributed by atoms with Crippen molar-refractivity contribution in [3.63, 3.8) is 0 Å². The fourth-order valence-electron chi connectivity index (χ4n) is 1.27. The predicted octanol–water partition coefficient (Wildman–Crippen LogP) is 0.393. The average Bonchev–Trinajstić information content (AvgIpc) is 2.95. The lowest BCUT2D eigenvalue weighted by Gasteiger charge is -2.00. The minimum Gasteiger partial charge on any atom is -0.411 e. The first-order valence-electron chi connectivity index (χ1n) is 5.26. The topological polar surface area (TPSA) is 102 Å². The molecule has 102 valence electrons. The molecule has 0 spiro atoms. The molecule has 2 rings (SSSR count). The lowest BCUT2D eigenvalue weighted by atomic mass is 10.3. The van der Waals surface area contributed by atoms with Gasteiger partial charge in [-0.1, -0.05) is 11.2 Å². The van der Waals surface area contributed by atoms with Gasteiger partial charge < -0.3 is 9.73 Å². The molecule has 2 heterocycles. The van der Waals surface area contributed by atoms with Crippen molar-refractivity contribution in [1.29, 1.82) is 0 Å². The zero-order valence-corrected chi connectivity index (χ0v) is 11.6. The molecule has 0 aliphatic heterocycles. The maximum Gasteiger partial charge on any atom is 0.335 e. The van der Waals surface area contributed by atoms with Gasteiger partial charge in [-0.15, -0.1) is 16.4 Å². The molecule has 1 amide bonds. The summed E-state index contributed by atoms with van der Waals surface area (Å²) in [5.74, 6) is -0.137. The molecular weight excluding hydrogens is 290 g/mol. The highest BCUT2D eigenvalue weighted by Gasteiger charge is 2.16. The number of thiophene rings is 1. The van der Waals surface area contributed by atoms with Crippen molar-refractivity contribution < 1.29 is 17.6 Å². The molecule has 0 fully saturated rings. The van der Waals surface area contributed by atoms with Crippen LogP contribution in [-0.4, -0.2) is 30.8 Å². The van der Waals surface area contributed by atoms with Gasteiger partial charge in [-0.3, -0.25) is 4.79 Å². The molecule has 0 bridgehead atoms. The normalized spacial score (nSPS) is 11.4. The quantitative estimate of drug-likeness (QED) is 0.857. The maximum atomic E-state index is 11.6. The Hall–Kier alpha value is -1.74. The zero-order valence-electron chi connectivity index (χ0n) is 9.99. The van der Waals surface area contributed by atoms with Gasteiger partial charge in [0.15, 0.2) is 0 Å². The van der Waals surface area contributed by atoms with E-state index in [1.54, 1.807) is 0 Å². The van der Waals surface area contributed by atoms with Crippen LogP contribution < -0.4 is 5.32 Å². The minimum atomic E-state index is -3.51. The number of rotatable bonds is 5. The number of nitrogens with zero attached hydrogens (tertiary/aromatic N) is 2. The third-order valence-electron chi connectivity index (χ3n) is 2.12. The van der Waals surface area contributed by atoms with Gasteiger partial charge in [-0.25, -0.2) is 8.42 Å². The highest BCUT2D eigenvalue weighted by atomic mass is 32.2. The summed E-state index contributed by atoms with van der Waals surface area (Å²) in [6.07, 6.45) is 1.24. The average molecular weight is 301 g/mol. The minimum absolute atomic E-state index is 0.00668. The summed E-state index contributed by atoms with van der Waals surface area (Å²) in [5.41, 5.74) is 0. The largest absolute Gasteiger partial charge is 0.411 e. The van der Waals surface area contributed by atoms with Gasteiger partial charge in [0, 0.05) is 11.1 Å². The molecule has 0 unspecified atom stereocenters. The second kappa shape index (κ2) is 5.49. The number of hydrogen-bond donors (Lipinski definition) is 1. The van der Waals surface area contributed by atoms with E-state index in [-0.39, 0.29) is 24.8 Å². The Kier molecular flexibility index (Phi) is 3.96. The van der Waals surface area contributed by atoms with Gasteiger partial charge >= 0.3 is 5.22 Å². The first-order valence-corrected chi connectivity index (χ1v) is 8.04. The van der Waals surface area contributed by atoms with E-state index >= 15 is 0 Å². The number of carbonyl (C=O) groups excluding carboxylic acids is 1. The first kappa shape index (κ1) is 13.7. The van der Waals surface area contributed by atoms with Crippen LogP contribution in [0.4, 0.5) is 0 Å². The monoisotopic (exact) mass is 301 g/mol. The van der Waals surface area contributed by atoms with Crippen molar-refractivity contribution in [2.75, 3.05) is 6.26 Å². The fraction of sp³-hybridized carbons (Fsp3) is 0.300. The Morgan fingerprint density at radius 2 is 2.26 bits per heavy atom. The molecule has 7 nitrogen and oxygen atoms in total. The van der Waals surface area contributed by atoms with Crippen molar-refractivity contribution in [3.8, 4) is 0 Å². The molecule has 0 aliphatic rings. The molecule has 0 aliphatic carbocycles. The molecule has 2 aromatic heterocycles. The van der Waals surface area contributed by atoms with Crippen LogP contribution in [0.25, 0.3) is 0 Å². The Morgan fingerprint density at radius 3 is 2.84 bits per heavy atom. The van der Waals surface area contributed by atoms with E-state index in [9.17, 15) is 13.2 Å². The predicted molar refractivity (Wildman–Crippen MR) is 67.3 cm³/mol. The summed E-state index contributed by atoms with van der Waals surface area (Å²) >= 11 is 1.49. The molecular formula is C10H11N3O4S2. The number of hydrogen-bond acceptors (Lipinski definition) is 7. The summed E-state index contributed by atoms with van der Waals surface area (Å²) in [7, 11) is -3.51. The maximum absolute atomic E-state index is 11.6. The first-order chi connectivity index (χ1) is 8.95. The number of amides is 1. The van der Waals surface area contributed by atoms with Crippen molar-refractivity contribution in [2.24, 2.45) is 0 Å². The van der Waals surface area contributed by atoms with Gasteiger partial charge in [0.2, 0.25) is 21.6 Å². The van der Waals surface area contributed by atoms with Gasteiger partial charge in [-0.05, 0) is 11.4 Å². The molecule has 0 saturated carbocycles. The Morgan fingerprint density at radius 1 is 1.47 bits per heavy atom. The van der Waals surface area contributed by atoms with Crippen molar-refractivity contribution in [3.05, 3.63) is 28.3 Å². The van der Waals surface area contributed by atoms with E-state index in [1.165, 1.54) is 11.3 Å². The van der Waals surface area contributed by atoms with Crippen LogP contribution in [0.3, 0.4) is 0 Å². The molecule has 0 radical (unpaired) electrons. The van der Waals surface area contributed by atoms with Crippen molar-refractivity contribution in [1.82, 2.24) is 15.5 Å². The summed E-state index contributed by atoms with van der Waals surface area (Å²) in [5, 5.41) is 10.9. The van der Waals surface area contributed by atoms with Crippen LogP contribution in [0.1, 0.15) is 10.8 Å². The van der Waals surface area contributed by atoms with Gasteiger partial charge in [0.25, 0.3) is 0 Å². The van der Waals surface area contributed by atoms with E-state index < -0.39 is 15.1 Å². The number of aromatic nitrogens is 2. The van der Waals surface area contributed by atoms with E-state index in [0.717, 1.165) is 11.1 Å². The Balaban J connectivity index is 1.89. The third-order valence-corrected chi connectivity index (χ3v) is 3.79. The van der Waals surface area contributed by atoms with E-state index in [0.29, 0.717) is 0 Å². The van der Waals surface area contributed by atoms with Gasteiger partial charge in [-0.2, -0.15) is 0 Å². The van der Waals surface area contributed by atoms with Crippen LogP contribution in [0.15, 0.2) is 27.2 Å². The van der Waals surface area contributed by atoms with Crippen LogP contribution in [0.2, 0.25) is 0 Å². The standard InChI is InChI=1S/C10H11N3O4S2/c1-19(15,16)10-13-12-9(17-10)6-11-8(14)5-7-3-2-4-18-7/h2-4H,5-6H2,1H3,(H,11,14). The highest BCUT2D eigenvalue weighted by molar-refractivity contribution is 7.90. The van der Waals surface area contributed by atoms with Crippen LogP contribution in [0, 0.1) is 0 Å². The number of carbonyl (C=O) groups is 1. The van der Waals surface area contributed by atoms with E-state index in [2.05, 4.69) is 15.5 Å². The summed E-state index contributed by atoms with van der Waals surface area (Å²) in [6.45, 7) is 0.00668. The summed E-state index contributed by atoms with van der Waals surface area (Å²) < 4.78 is 27.1. The summed E-state index contributed by atoms with van der Waals surface area (Å²) in [4.78, 5) is 12.5. The van der Waals surface area contributed by atoms with Crippen LogP contribution in [-0.2, 0) is 27.6 Å². The fourth-order valence-corrected chi connectivity index (χ4v) is 2.41. The molecule has 19 heavy (non-hydrogen) atoms. The Bertz CT molecular complexity index is 661. The van der Waals surface area contributed by atoms with Crippen molar-refractivity contribution in [2.45, 2.75) is 18.2 Å². The lowest BCUT2D eigenvalue weighted by molar-refractivity contribution is -0.120. The van der Waals surface area contributed by atoms with Crippen LogP contribution >= 0.6 is 11.3 Å². The van der Waals surface area contributed by atoms with Crippen molar-refractivity contribution >= 4 is 27.1 Å². The van der Waals surface area contributed by atoms with E-state index in [4.69, 9.17) is 4.42 Å². The van der Waals surface area contributed by atoms with E-state index in [1.807, 2.05) is 17.5 Å². The molecule has 0 saturated heterocycles. The van der Waals surface area contributed by atoms with Gasteiger partial charge in [0.05, 0.1) is 13.0 Å². The second-order valence-electron chi connectivity index (χ2n) is 3.77. The number of sulfone groups is 1. The molecule has 2 aromatic rings. The lowest BCUT2D eigenvalue weighted by Crippen LogP contribution is -2.24. The molecule has 9 heteroatoms. The Labute approximate surface area is 113 Å². The smallest absolute Gasteiger partial charge is 0.335 e.